The van der Waals surface area contributed by atoms with Crippen molar-refractivity contribution in [3.63, 3.8) is 0 Å². The summed E-state index contributed by atoms with van der Waals surface area (Å²) in [5.74, 6) is -0.222. The van der Waals surface area contributed by atoms with E-state index in [-0.39, 0.29) is 23.1 Å². The number of sulfonamides is 1. The zero-order valence-corrected chi connectivity index (χ0v) is 11.9. The minimum Gasteiger partial charge on any atom is -0.331 e. The Kier molecular flexibility index (Phi) is 3.19. The van der Waals surface area contributed by atoms with Crippen LogP contribution in [0.4, 0.5) is 5.69 Å². The number of amides is 1. The number of carbonyl (C=O) groups excluding carboxylic acids is 1. The number of anilines is 1. The lowest BCUT2D eigenvalue weighted by Crippen LogP contribution is -2.40. The molecular formula is C12H11N3O3S2. The second kappa shape index (κ2) is 4.88. The first kappa shape index (κ1) is 13.1. The molecule has 8 heteroatoms. The molecule has 0 fully saturated rings. The Morgan fingerprint density at radius 3 is 3.05 bits per heavy atom. The summed E-state index contributed by atoms with van der Waals surface area (Å²) in [6.45, 7) is 0.306. The second-order valence-electron chi connectivity index (χ2n) is 4.28. The van der Waals surface area contributed by atoms with E-state index in [2.05, 4.69) is 9.71 Å². The highest BCUT2D eigenvalue weighted by atomic mass is 32.2. The van der Waals surface area contributed by atoms with Crippen LogP contribution in [0.5, 0.6) is 0 Å². The quantitative estimate of drug-likeness (QED) is 0.890. The largest absolute Gasteiger partial charge is 0.331 e. The van der Waals surface area contributed by atoms with Crippen LogP contribution in [0.2, 0.25) is 0 Å². The molecule has 104 valence electrons. The van der Waals surface area contributed by atoms with Gasteiger partial charge in [0.15, 0.2) is 5.84 Å². The van der Waals surface area contributed by atoms with Crippen LogP contribution in [0.15, 0.2) is 45.1 Å². The number of rotatable bonds is 2. The summed E-state index contributed by atoms with van der Waals surface area (Å²) < 4.78 is 26.9. The molecule has 3 heterocycles. The minimum atomic E-state index is -3.49. The molecule has 3 rings (SSSR count). The van der Waals surface area contributed by atoms with Gasteiger partial charge < -0.3 is 10.2 Å². The maximum atomic E-state index is 12.2. The zero-order valence-electron chi connectivity index (χ0n) is 10.3. The highest BCUT2D eigenvalue weighted by molar-refractivity contribution is 7.90. The van der Waals surface area contributed by atoms with Gasteiger partial charge in [-0.2, -0.15) is 11.3 Å². The minimum absolute atomic E-state index is 0.0414. The van der Waals surface area contributed by atoms with Crippen molar-refractivity contribution in [1.82, 2.24) is 4.90 Å². The predicted octanol–water partition coefficient (Wildman–Crippen LogP) is 1.18. The summed E-state index contributed by atoms with van der Waals surface area (Å²) in [4.78, 5) is 13.9. The highest BCUT2D eigenvalue weighted by Gasteiger charge is 2.29. The fraction of sp³-hybridized carbons (Fsp3) is 0.167. The fourth-order valence-corrected chi connectivity index (χ4v) is 3.50. The summed E-state index contributed by atoms with van der Waals surface area (Å²) in [7, 11) is -3.49. The lowest BCUT2D eigenvalue weighted by molar-refractivity contribution is -0.112. The normalized spacial score (nSPS) is 19.9. The first-order valence-corrected chi connectivity index (χ1v) is 8.42. The lowest BCUT2D eigenvalue weighted by Gasteiger charge is -2.28. The Hall–Kier alpha value is -1.93. The number of carbonyl (C=O) groups is 1. The summed E-state index contributed by atoms with van der Waals surface area (Å²) in [5.41, 5.74) is 0.934. The van der Waals surface area contributed by atoms with Gasteiger partial charge in [-0.15, -0.1) is 4.40 Å². The van der Waals surface area contributed by atoms with Crippen LogP contribution in [-0.2, 0) is 14.8 Å². The highest BCUT2D eigenvalue weighted by Crippen LogP contribution is 2.20. The van der Waals surface area contributed by atoms with Crippen LogP contribution in [-0.4, -0.2) is 37.4 Å². The molecule has 0 aromatic carbocycles. The number of nitrogens with one attached hydrogen (secondary N) is 1. The topological polar surface area (TPSA) is 78.8 Å². The summed E-state index contributed by atoms with van der Waals surface area (Å²) in [6, 6.07) is 1.78. The predicted molar refractivity (Wildman–Crippen MR) is 78.1 cm³/mol. The van der Waals surface area contributed by atoms with Gasteiger partial charge in [-0.05, 0) is 23.6 Å². The number of hydrogen-bond acceptors (Lipinski definition) is 5. The van der Waals surface area contributed by atoms with Crippen molar-refractivity contribution in [2.75, 3.05) is 17.6 Å². The van der Waals surface area contributed by atoms with Gasteiger partial charge in [0.2, 0.25) is 0 Å². The first-order valence-electron chi connectivity index (χ1n) is 5.87. The van der Waals surface area contributed by atoms with E-state index in [1.165, 1.54) is 11.3 Å². The Balaban J connectivity index is 1.92. The molecular weight excluding hydrogens is 298 g/mol. The van der Waals surface area contributed by atoms with Gasteiger partial charge in [0, 0.05) is 18.1 Å². The Morgan fingerprint density at radius 2 is 2.30 bits per heavy atom. The molecule has 1 amide bonds. The van der Waals surface area contributed by atoms with E-state index in [0.29, 0.717) is 12.2 Å². The van der Waals surface area contributed by atoms with Crippen molar-refractivity contribution in [1.29, 1.82) is 0 Å². The molecule has 0 saturated carbocycles. The summed E-state index contributed by atoms with van der Waals surface area (Å²) in [6.07, 6.45) is 4.99. The average molecular weight is 309 g/mol. The van der Waals surface area contributed by atoms with Gasteiger partial charge in [-0.3, -0.25) is 4.79 Å². The number of fused-ring (bicyclic) bond motifs is 1. The molecule has 0 spiro atoms. The molecule has 1 aromatic rings. The standard InChI is InChI=1S/C12H11N3O3S2/c16-12(13-9-3-6-19-8-9)10-2-1-4-15-5-7-20(17,18)14-11(10)15/h1-4,6,8H,5,7H2,(H,13,16). The third-order valence-corrected chi connectivity index (χ3v) is 4.71. The van der Waals surface area contributed by atoms with Gasteiger partial charge in [-0.25, -0.2) is 8.42 Å². The first-order chi connectivity index (χ1) is 9.55. The van der Waals surface area contributed by atoms with Crippen LogP contribution >= 0.6 is 11.3 Å². The van der Waals surface area contributed by atoms with Crippen molar-refractivity contribution in [2.24, 2.45) is 4.40 Å². The van der Waals surface area contributed by atoms with Gasteiger partial charge in [0.05, 0.1) is 17.0 Å². The van der Waals surface area contributed by atoms with E-state index in [1.807, 2.05) is 5.38 Å². The molecule has 0 radical (unpaired) electrons. The Morgan fingerprint density at radius 1 is 1.45 bits per heavy atom. The van der Waals surface area contributed by atoms with E-state index >= 15 is 0 Å². The number of hydrogen-bond donors (Lipinski definition) is 1. The van der Waals surface area contributed by atoms with Crippen molar-refractivity contribution in [2.45, 2.75) is 0 Å². The van der Waals surface area contributed by atoms with Gasteiger partial charge in [-0.1, -0.05) is 0 Å². The van der Waals surface area contributed by atoms with Gasteiger partial charge in [0.1, 0.15) is 0 Å². The second-order valence-corrected chi connectivity index (χ2v) is 6.82. The molecule has 0 aliphatic carbocycles. The molecule has 1 N–H and O–H groups in total. The fourth-order valence-electron chi connectivity index (χ4n) is 1.93. The monoisotopic (exact) mass is 309 g/mol. The van der Waals surface area contributed by atoms with Gasteiger partial charge in [0.25, 0.3) is 15.9 Å². The molecule has 6 nitrogen and oxygen atoms in total. The molecule has 2 aliphatic rings. The van der Waals surface area contributed by atoms with E-state index in [9.17, 15) is 13.2 Å². The molecule has 20 heavy (non-hydrogen) atoms. The van der Waals surface area contributed by atoms with E-state index in [0.717, 1.165) is 0 Å². The van der Waals surface area contributed by atoms with Crippen LogP contribution in [0, 0.1) is 0 Å². The van der Waals surface area contributed by atoms with Crippen LogP contribution < -0.4 is 5.32 Å². The number of nitrogens with zero attached hydrogens (tertiary/aromatic N) is 2. The van der Waals surface area contributed by atoms with Crippen LogP contribution in [0.1, 0.15) is 0 Å². The summed E-state index contributed by atoms with van der Waals surface area (Å²) in [5, 5.41) is 6.37. The van der Waals surface area contributed by atoms with Gasteiger partial charge >= 0.3 is 0 Å². The molecule has 1 aromatic heterocycles. The lowest BCUT2D eigenvalue weighted by atomic mass is 10.1. The molecule has 0 saturated heterocycles. The van der Waals surface area contributed by atoms with Crippen molar-refractivity contribution in [3.05, 3.63) is 40.8 Å². The third kappa shape index (κ3) is 2.52. The smallest absolute Gasteiger partial charge is 0.259 e. The van der Waals surface area contributed by atoms with Crippen molar-refractivity contribution >= 4 is 38.8 Å². The average Bonchev–Trinajstić information content (AvgIpc) is 2.89. The molecule has 2 aliphatic heterocycles. The molecule has 0 bridgehead atoms. The Bertz CT molecular complexity index is 730. The number of amidine groups is 1. The van der Waals surface area contributed by atoms with E-state index in [4.69, 9.17) is 0 Å². The van der Waals surface area contributed by atoms with E-state index in [1.54, 1.807) is 34.7 Å². The Labute approximate surface area is 120 Å². The third-order valence-electron chi connectivity index (χ3n) is 2.88. The molecule has 0 unspecified atom stereocenters. The van der Waals surface area contributed by atoms with Crippen molar-refractivity contribution < 1.29 is 13.2 Å². The number of thiophene rings is 1. The summed E-state index contributed by atoms with van der Waals surface area (Å²) >= 11 is 1.47. The van der Waals surface area contributed by atoms with Crippen molar-refractivity contribution in [3.8, 4) is 0 Å². The van der Waals surface area contributed by atoms with E-state index < -0.39 is 10.0 Å². The number of allylic oxidation sites excluding steroid dienone is 2. The zero-order chi connectivity index (χ0) is 14.2. The van der Waals surface area contributed by atoms with Crippen LogP contribution in [0.3, 0.4) is 0 Å². The maximum absolute atomic E-state index is 12.2. The SMILES string of the molecule is O=C(Nc1ccsc1)C1=CC=CN2CCS(=O)(=O)N=C12. The van der Waals surface area contributed by atoms with Crippen LogP contribution in [0.25, 0.3) is 0 Å². The molecule has 0 atom stereocenters. The maximum Gasteiger partial charge on any atom is 0.259 e.